The van der Waals surface area contributed by atoms with Gasteiger partial charge in [-0.1, -0.05) is 12.8 Å². The third-order valence-corrected chi connectivity index (χ3v) is 2.60. The predicted molar refractivity (Wildman–Crippen MR) is 46.9 cm³/mol. The molecule has 0 aliphatic heterocycles. The average molecular weight is 168 g/mol. The summed E-state index contributed by atoms with van der Waals surface area (Å²) in [7, 11) is 0. The summed E-state index contributed by atoms with van der Waals surface area (Å²) >= 11 is 0. The van der Waals surface area contributed by atoms with Crippen LogP contribution in [0.2, 0.25) is 0 Å². The van der Waals surface area contributed by atoms with Crippen LogP contribution >= 0.6 is 0 Å². The number of rotatable bonds is 2. The number of hydrogen-bond acceptors (Lipinski definition) is 1. The molecule has 0 spiro atoms. The first kappa shape index (κ1) is 7.90. The lowest BCUT2D eigenvalue weighted by Crippen LogP contribution is -2.41. The lowest BCUT2D eigenvalue weighted by atomic mass is 10.2. The molecule has 3 heteroatoms. The summed E-state index contributed by atoms with van der Waals surface area (Å²) in [6.45, 7) is 0. The summed E-state index contributed by atoms with van der Waals surface area (Å²) in [6, 6.07) is 0.972. The fourth-order valence-electron chi connectivity index (χ4n) is 1.71. The quantitative estimate of drug-likeness (QED) is 0.642. The van der Waals surface area contributed by atoms with Gasteiger partial charge in [-0.2, -0.15) is 0 Å². The third-order valence-electron chi connectivity index (χ3n) is 2.60. The van der Waals surface area contributed by atoms with Crippen molar-refractivity contribution in [2.45, 2.75) is 50.6 Å². The number of hydrogen-bond donors (Lipinski definition) is 2. The molecule has 0 bridgehead atoms. The van der Waals surface area contributed by atoms with Gasteiger partial charge in [0.05, 0.1) is 0 Å². The van der Waals surface area contributed by atoms with Crippen LogP contribution in [-0.4, -0.2) is 18.1 Å². The Balaban J connectivity index is 1.66. The van der Waals surface area contributed by atoms with Crippen LogP contribution in [0.5, 0.6) is 0 Å². The van der Waals surface area contributed by atoms with Crippen molar-refractivity contribution in [3.8, 4) is 0 Å². The Hall–Kier alpha value is -0.730. The lowest BCUT2D eigenvalue weighted by molar-refractivity contribution is 0.236. The van der Waals surface area contributed by atoms with Crippen molar-refractivity contribution in [1.82, 2.24) is 10.6 Å². The molecule has 0 unspecified atom stereocenters. The minimum Gasteiger partial charge on any atom is -0.335 e. The zero-order valence-electron chi connectivity index (χ0n) is 7.31. The van der Waals surface area contributed by atoms with Crippen molar-refractivity contribution in [3.63, 3.8) is 0 Å². The molecule has 0 aromatic rings. The zero-order valence-corrected chi connectivity index (χ0v) is 7.31. The molecule has 68 valence electrons. The van der Waals surface area contributed by atoms with E-state index in [-0.39, 0.29) is 6.03 Å². The fraction of sp³-hybridized carbons (Fsp3) is 0.889. The van der Waals surface area contributed by atoms with Crippen molar-refractivity contribution in [1.29, 1.82) is 0 Å². The Morgan fingerprint density at radius 3 is 1.92 bits per heavy atom. The Labute approximate surface area is 72.9 Å². The van der Waals surface area contributed by atoms with Crippen LogP contribution < -0.4 is 10.6 Å². The lowest BCUT2D eigenvalue weighted by Gasteiger charge is -2.12. The van der Waals surface area contributed by atoms with E-state index in [1.807, 2.05) is 0 Å². The second kappa shape index (κ2) is 3.33. The van der Waals surface area contributed by atoms with Gasteiger partial charge in [-0.15, -0.1) is 0 Å². The van der Waals surface area contributed by atoms with Crippen LogP contribution in [0.1, 0.15) is 38.5 Å². The van der Waals surface area contributed by atoms with E-state index in [0.29, 0.717) is 12.1 Å². The van der Waals surface area contributed by atoms with Gasteiger partial charge in [-0.3, -0.25) is 0 Å². The van der Waals surface area contributed by atoms with E-state index in [2.05, 4.69) is 10.6 Å². The second-order valence-corrected chi connectivity index (χ2v) is 3.87. The van der Waals surface area contributed by atoms with Crippen LogP contribution in [0.4, 0.5) is 4.79 Å². The zero-order chi connectivity index (χ0) is 8.39. The molecule has 2 fully saturated rings. The van der Waals surface area contributed by atoms with Gasteiger partial charge in [0, 0.05) is 12.1 Å². The molecule has 2 amide bonds. The van der Waals surface area contributed by atoms with E-state index in [4.69, 9.17) is 0 Å². The number of carbonyl (C=O) groups excluding carboxylic acids is 1. The molecule has 0 aromatic carbocycles. The van der Waals surface area contributed by atoms with Crippen LogP contribution in [0.3, 0.4) is 0 Å². The molecule has 0 atom stereocenters. The molecule has 2 saturated carbocycles. The van der Waals surface area contributed by atoms with Crippen molar-refractivity contribution in [2.24, 2.45) is 0 Å². The summed E-state index contributed by atoms with van der Waals surface area (Å²) in [5.74, 6) is 0. The maximum absolute atomic E-state index is 11.2. The van der Waals surface area contributed by atoms with E-state index in [9.17, 15) is 4.79 Å². The Morgan fingerprint density at radius 1 is 0.917 bits per heavy atom. The number of carbonyl (C=O) groups is 1. The third kappa shape index (κ3) is 2.13. The van der Waals surface area contributed by atoms with E-state index in [1.54, 1.807) is 0 Å². The normalized spacial score (nSPS) is 24.0. The largest absolute Gasteiger partial charge is 0.335 e. The highest BCUT2D eigenvalue weighted by molar-refractivity contribution is 5.74. The molecule has 0 radical (unpaired) electrons. The van der Waals surface area contributed by atoms with E-state index >= 15 is 0 Å². The van der Waals surface area contributed by atoms with Crippen molar-refractivity contribution in [2.75, 3.05) is 0 Å². The second-order valence-electron chi connectivity index (χ2n) is 3.87. The highest BCUT2D eigenvalue weighted by Gasteiger charge is 2.24. The minimum absolute atomic E-state index is 0.0457. The summed E-state index contributed by atoms with van der Waals surface area (Å²) in [5, 5.41) is 5.93. The molecule has 2 rings (SSSR count). The molecule has 0 aromatic heterocycles. The molecule has 2 N–H and O–H groups in total. The maximum Gasteiger partial charge on any atom is 0.315 e. The van der Waals surface area contributed by atoms with Crippen molar-refractivity contribution < 1.29 is 4.79 Å². The monoisotopic (exact) mass is 168 g/mol. The van der Waals surface area contributed by atoms with Crippen LogP contribution in [0.15, 0.2) is 0 Å². The van der Waals surface area contributed by atoms with Crippen LogP contribution in [0.25, 0.3) is 0 Å². The summed E-state index contributed by atoms with van der Waals surface area (Å²) < 4.78 is 0. The van der Waals surface area contributed by atoms with Gasteiger partial charge in [0.15, 0.2) is 0 Å². The average Bonchev–Trinajstić information content (AvgIpc) is 2.66. The maximum atomic E-state index is 11.2. The van der Waals surface area contributed by atoms with Gasteiger partial charge in [-0.25, -0.2) is 4.79 Å². The first-order valence-electron chi connectivity index (χ1n) is 4.91. The van der Waals surface area contributed by atoms with Gasteiger partial charge < -0.3 is 10.6 Å². The number of amides is 2. The summed E-state index contributed by atoms with van der Waals surface area (Å²) in [5.41, 5.74) is 0. The molecule has 2 aliphatic rings. The molecule has 0 saturated heterocycles. The van der Waals surface area contributed by atoms with Gasteiger partial charge in [0.2, 0.25) is 0 Å². The summed E-state index contributed by atoms with van der Waals surface area (Å²) in [4.78, 5) is 11.2. The smallest absolute Gasteiger partial charge is 0.315 e. The van der Waals surface area contributed by atoms with Gasteiger partial charge in [-0.05, 0) is 25.7 Å². The molecule has 12 heavy (non-hydrogen) atoms. The predicted octanol–water partition coefficient (Wildman–Crippen LogP) is 1.39. The number of nitrogens with one attached hydrogen (secondary N) is 2. The van der Waals surface area contributed by atoms with Crippen LogP contribution in [-0.2, 0) is 0 Å². The van der Waals surface area contributed by atoms with E-state index in [0.717, 1.165) is 25.7 Å². The molecular weight excluding hydrogens is 152 g/mol. The molecular formula is C9H16N2O. The van der Waals surface area contributed by atoms with Gasteiger partial charge >= 0.3 is 6.03 Å². The van der Waals surface area contributed by atoms with Gasteiger partial charge in [0.25, 0.3) is 0 Å². The molecule has 2 aliphatic carbocycles. The molecule has 3 nitrogen and oxygen atoms in total. The summed E-state index contributed by atoms with van der Waals surface area (Å²) in [6.07, 6.45) is 7.20. The first-order chi connectivity index (χ1) is 5.84. The standard InChI is InChI=1S/C9H16N2O/c12-9(11-8-5-6-8)10-7-3-1-2-4-7/h7-8H,1-6H2,(H2,10,11,12). The topological polar surface area (TPSA) is 41.1 Å². The van der Waals surface area contributed by atoms with E-state index < -0.39 is 0 Å². The molecule has 0 heterocycles. The fourth-order valence-corrected chi connectivity index (χ4v) is 1.71. The minimum atomic E-state index is 0.0457. The SMILES string of the molecule is O=C(NC1CCCC1)NC1CC1. The van der Waals surface area contributed by atoms with Gasteiger partial charge in [0.1, 0.15) is 0 Å². The highest BCUT2D eigenvalue weighted by atomic mass is 16.2. The Bertz CT molecular complexity index is 171. The van der Waals surface area contributed by atoms with E-state index in [1.165, 1.54) is 12.8 Å². The van der Waals surface area contributed by atoms with Crippen molar-refractivity contribution >= 4 is 6.03 Å². The first-order valence-corrected chi connectivity index (χ1v) is 4.91. The Morgan fingerprint density at radius 2 is 1.42 bits per heavy atom. The van der Waals surface area contributed by atoms with Crippen molar-refractivity contribution in [3.05, 3.63) is 0 Å². The highest BCUT2D eigenvalue weighted by Crippen LogP contribution is 2.20. The Kier molecular flexibility index (Phi) is 2.19. The number of urea groups is 1. The van der Waals surface area contributed by atoms with Crippen LogP contribution in [0, 0.1) is 0 Å².